The van der Waals surface area contributed by atoms with Crippen LogP contribution in [0.5, 0.6) is 0 Å². The molecule has 0 aromatic heterocycles. The van der Waals surface area contributed by atoms with Gasteiger partial charge in [0, 0.05) is 17.4 Å². The first-order valence-electron chi connectivity index (χ1n) is 8.52. The van der Waals surface area contributed by atoms with Crippen molar-refractivity contribution in [2.75, 3.05) is 16.4 Å². The summed E-state index contributed by atoms with van der Waals surface area (Å²) in [5.74, 6) is 0.379. The minimum absolute atomic E-state index is 0.0597. The lowest BCUT2D eigenvalue weighted by Crippen LogP contribution is -2.38. The minimum Gasteiger partial charge on any atom is -0.315 e. The zero-order valence-corrected chi connectivity index (χ0v) is 16.7. The molecule has 3 rings (SSSR count). The number of nitrogens with zero attached hydrogens (tertiary/aromatic N) is 2. The predicted molar refractivity (Wildman–Crippen MR) is 104 cm³/mol. The summed E-state index contributed by atoms with van der Waals surface area (Å²) < 4.78 is 24.2. The second-order valence-corrected chi connectivity index (χ2v) is 10.6. The van der Waals surface area contributed by atoms with Crippen LogP contribution in [0, 0.1) is 19.8 Å². The number of sulfone groups is 1. The molecule has 1 aromatic rings. The predicted octanol–water partition coefficient (Wildman–Crippen LogP) is 2.95. The van der Waals surface area contributed by atoms with Gasteiger partial charge in [0.05, 0.1) is 17.5 Å². The molecule has 2 aliphatic rings. The molecule has 2 fully saturated rings. The molecule has 2 heterocycles. The molecule has 25 heavy (non-hydrogen) atoms. The third-order valence-electron chi connectivity index (χ3n) is 4.71. The minimum atomic E-state index is -3.04. The number of aryl methyl sites for hydroxylation is 1. The highest BCUT2D eigenvalue weighted by Crippen LogP contribution is 2.42. The number of benzene rings is 1. The molecule has 0 bridgehead atoms. The topological polar surface area (TPSA) is 66.8 Å². The molecule has 2 atom stereocenters. The maximum Gasteiger partial charge on any atom is 0.248 e. The second kappa shape index (κ2) is 6.76. The molecule has 2 saturated heterocycles. The number of hydrogen-bond acceptors (Lipinski definition) is 4. The van der Waals surface area contributed by atoms with Crippen LogP contribution in [0.3, 0.4) is 0 Å². The fourth-order valence-corrected chi connectivity index (χ4v) is 7.27. The van der Waals surface area contributed by atoms with E-state index in [1.54, 1.807) is 0 Å². The van der Waals surface area contributed by atoms with Crippen LogP contribution in [-0.2, 0) is 14.6 Å². The van der Waals surface area contributed by atoms with E-state index in [1.807, 2.05) is 50.8 Å². The van der Waals surface area contributed by atoms with Gasteiger partial charge in [-0.3, -0.25) is 4.79 Å². The van der Waals surface area contributed by atoms with E-state index in [1.165, 1.54) is 11.8 Å². The van der Waals surface area contributed by atoms with Crippen molar-refractivity contribution in [3.05, 3.63) is 29.3 Å². The van der Waals surface area contributed by atoms with Crippen LogP contribution in [0.4, 0.5) is 5.69 Å². The Balaban J connectivity index is 2.02. The van der Waals surface area contributed by atoms with E-state index in [4.69, 9.17) is 0 Å². The molecule has 0 spiro atoms. The maximum absolute atomic E-state index is 12.2. The molecule has 7 heteroatoms. The fourth-order valence-electron chi connectivity index (χ4n) is 3.34. The molecule has 0 radical (unpaired) electrons. The SMILES string of the molecule is Cc1cccc(N2C(=NC(=O)CC(C)C)SC3CS(=O)(=O)CC32)c1C. The third-order valence-corrected chi connectivity index (χ3v) is 7.92. The van der Waals surface area contributed by atoms with E-state index in [0.717, 1.165) is 16.8 Å². The van der Waals surface area contributed by atoms with Crippen LogP contribution >= 0.6 is 11.8 Å². The summed E-state index contributed by atoms with van der Waals surface area (Å²) in [6, 6.07) is 5.83. The highest BCUT2D eigenvalue weighted by atomic mass is 32.2. The van der Waals surface area contributed by atoms with E-state index in [0.29, 0.717) is 11.6 Å². The van der Waals surface area contributed by atoms with Crippen molar-refractivity contribution in [3.63, 3.8) is 0 Å². The summed E-state index contributed by atoms with van der Waals surface area (Å²) in [6.45, 7) is 8.04. The summed E-state index contributed by atoms with van der Waals surface area (Å²) in [5, 5.41) is 0.583. The van der Waals surface area contributed by atoms with Gasteiger partial charge >= 0.3 is 0 Å². The van der Waals surface area contributed by atoms with E-state index in [9.17, 15) is 13.2 Å². The van der Waals surface area contributed by atoms with Crippen LogP contribution in [0.25, 0.3) is 0 Å². The summed E-state index contributed by atoms with van der Waals surface area (Å²) in [6.07, 6.45) is 0.401. The fraction of sp³-hybridized carbons (Fsp3) is 0.556. The number of hydrogen-bond donors (Lipinski definition) is 0. The smallest absolute Gasteiger partial charge is 0.248 e. The molecule has 0 N–H and O–H groups in total. The quantitative estimate of drug-likeness (QED) is 0.806. The monoisotopic (exact) mass is 380 g/mol. The number of fused-ring (bicyclic) bond motifs is 1. The van der Waals surface area contributed by atoms with Gasteiger partial charge < -0.3 is 4.90 Å². The van der Waals surface area contributed by atoms with E-state index in [2.05, 4.69) is 4.99 Å². The van der Waals surface area contributed by atoms with Gasteiger partial charge in [-0.2, -0.15) is 4.99 Å². The van der Waals surface area contributed by atoms with Crippen LogP contribution < -0.4 is 4.90 Å². The average molecular weight is 381 g/mol. The Hall–Kier alpha value is -1.34. The summed E-state index contributed by atoms with van der Waals surface area (Å²) in [5.41, 5.74) is 3.19. The van der Waals surface area contributed by atoms with E-state index in [-0.39, 0.29) is 34.6 Å². The number of carbonyl (C=O) groups is 1. The second-order valence-electron chi connectivity index (χ2n) is 7.28. The van der Waals surface area contributed by atoms with Gasteiger partial charge in [0.2, 0.25) is 5.91 Å². The molecule has 1 aromatic carbocycles. The highest BCUT2D eigenvalue weighted by Gasteiger charge is 2.49. The molecular weight excluding hydrogens is 356 g/mol. The first kappa shape index (κ1) is 18.5. The molecule has 0 aliphatic carbocycles. The van der Waals surface area contributed by atoms with Gasteiger partial charge in [-0.15, -0.1) is 0 Å². The summed E-state index contributed by atoms with van der Waals surface area (Å²) in [4.78, 5) is 18.6. The van der Waals surface area contributed by atoms with Crippen molar-refractivity contribution in [1.82, 2.24) is 0 Å². The summed E-state index contributed by atoms with van der Waals surface area (Å²) in [7, 11) is -3.04. The zero-order valence-electron chi connectivity index (χ0n) is 15.0. The Bertz CT molecular complexity index is 831. The van der Waals surface area contributed by atoms with Crippen LogP contribution in [0.15, 0.2) is 23.2 Å². The van der Waals surface area contributed by atoms with Crippen LogP contribution in [0.2, 0.25) is 0 Å². The van der Waals surface area contributed by atoms with Gasteiger partial charge in [0.1, 0.15) is 0 Å². The number of amidine groups is 1. The molecule has 2 unspecified atom stereocenters. The number of carbonyl (C=O) groups excluding carboxylic acids is 1. The first-order valence-corrected chi connectivity index (χ1v) is 11.2. The average Bonchev–Trinajstić information content (AvgIpc) is 2.92. The molecule has 0 saturated carbocycles. The molecule has 2 aliphatic heterocycles. The van der Waals surface area contributed by atoms with Gasteiger partial charge in [-0.1, -0.05) is 37.7 Å². The van der Waals surface area contributed by atoms with Gasteiger partial charge in [0.15, 0.2) is 15.0 Å². The Kier molecular flexibility index (Phi) is 4.99. The van der Waals surface area contributed by atoms with Crippen molar-refractivity contribution in [2.24, 2.45) is 10.9 Å². The summed E-state index contributed by atoms with van der Waals surface area (Å²) >= 11 is 1.43. The lowest BCUT2D eigenvalue weighted by Gasteiger charge is -2.27. The molecular formula is C18H24N2O3S2. The van der Waals surface area contributed by atoms with Crippen molar-refractivity contribution >= 4 is 38.4 Å². The van der Waals surface area contributed by atoms with Gasteiger partial charge in [0.25, 0.3) is 0 Å². The zero-order chi connectivity index (χ0) is 18.4. The van der Waals surface area contributed by atoms with Crippen LogP contribution in [-0.4, -0.2) is 42.3 Å². The lowest BCUT2D eigenvalue weighted by atomic mass is 10.1. The number of rotatable bonds is 3. The Morgan fingerprint density at radius 1 is 1.32 bits per heavy atom. The third kappa shape index (κ3) is 3.77. The standard InChI is InChI=1S/C18H24N2O3S2/c1-11(2)8-17(21)19-18-20(14-7-5-6-12(3)13(14)4)15-9-25(22,23)10-16(15)24-18/h5-7,11,15-16H,8-10H2,1-4H3. The van der Waals surface area contributed by atoms with Crippen molar-refractivity contribution < 1.29 is 13.2 Å². The van der Waals surface area contributed by atoms with E-state index < -0.39 is 9.84 Å². The first-order chi connectivity index (χ1) is 11.7. The highest BCUT2D eigenvalue weighted by molar-refractivity contribution is 8.16. The normalized spacial score (nSPS) is 26.4. The van der Waals surface area contributed by atoms with Gasteiger partial charge in [-0.25, -0.2) is 8.42 Å². The number of thioether (sulfide) groups is 1. The molecule has 136 valence electrons. The Labute approximate surface area is 153 Å². The largest absolute Gasteiger partial charge is 0.315 e. The van der Waals surface area contributed by atoms with Crippen molar-refractivity contribution in [1.29, 1.82) is 0 Å². The Morgan fingerprint density at radius 3 is 2.72 bits per heavy atom. The maximum atomic E-state index is 12.2. The number of amides is 1. The van der Waals surface area contributed by atoms with Crippen LogP contribution in [0.1, 0.15) is 31.4 Å². The number of anilines is 1. The van der Waals surface area contributed by atoms with Crippen molar-refractivity contribution in [3.8, 4) is 0 Å². The Morgan fingerprint density at radius 2 is 2.04 bits per heavy atom. The molecule has 1 amide bonds. The van der Waals surface area contributed by atoms with Crippen molar-refractivity contribution in [2.45, 2.75) is 45.4 Å². The number of aliphatic imine (C=N–C) groups is 1. The molecule has 5 nitrogen and oxygen atoms in total. The van der Waals surface area contributed by atoms with Gasteiger partial charge in [-0.05, 0) is 37.0 Å². The van der Waals surface area contributed by atoms with E-state index >= 15 is 0 Å². The lowest BCUT2D eigenvalue weighted by molar-refractivity contribution is -0.118.